The maximum Gasteiger partial charge on any atom is 0.421 e. The fraction of sp³-hybridized carbons (Fsp3) is 0.490. The maximum atomic E-state index is 15.4. The third kappa shape index (κ3) is 13.8. The number of pyridine rings is 1. The molecule has 3 N–H and O–H groups in total. The molecule has 0 radical (unpaired) electrons. The van der Waals surface area contributed by atoms with Crippen molar-refractivity contribution in [2.75, 3.05) is 49.4 Å². The summed E-state index contributed by atoms with van der Waals surface area (Å²) in [6, 6.07) is 9.00. The molecule has 2 fully saturated rings. The molecule has 76 heavy (non-hydrogen) atoms. The first-order valence-corrected chi connectivity index (χ1v) is 25.3. The lowest BCUT2D eigenvalue weighted by Gasteiger charge is -2.35. The van der Waals surface area contributed by atoms with Crippen LogP contribution in [0, 0.1) is 29.5 Å². The van der Waals surface area contributed by atoms with Crippen LogP contribution in [0.1, 0.15) is 94.7 Å². The number of rotatable bonds is 21. The Morgan fingerprint density at radius 1 is 0.961 bits per heavy atom. The van der Waals surface area contributed by atoms with Gasteiger partial charge < -0.3 is 39.8 Å². The Labute approximate surface area is 443 Å². The number of hydrogen-bond acceptors (Lipinski definition) is 13. The van der Waals surface area contributed by atoms with Crippen molar-refractivity contribution in [1.82, 2.24) is 25.5 Å². The second kappa shape index (κ2) is 24.3. The first kappa shape index (κ1) is 58.9. The number of hydrogen-bond donors (Lipinski definition) is 3. The predicted molar refractivity (Wildman–Crippen MR) is 269 cm³/mol. The van der Waals surface area contributed by atoms with E-state index in [0.29, 0.717) is 49.3 Å². The second-order valence-electron chi connectivity index (χ2n) is 19.7. The summed E-state index contributed by atoms with van der Waals surface area (Å²) in [4.78, 5) is 65.8. The number of unbranched alkanes of at least 4 members (excludes halogenated alkanes) is 2. The van der Waals surface area contributed by atoms with Gasteiger partial charge in [0.1, 0.15) is 35.4 Å². The molecule has 4 amide bonds. The van der Waals surface area contributed by atoms with Gasteiger partial charge in [0.25, 0.3) is 5.91 Å². The average molecular weight is 1110 g/mol. The van der Waals surface area contributed by atoms with Gasteiger partial charge in [0.15, 0.2) is 10.9 Å². The summed E-state index contributed by atoms with van der Waals surface area (Å²) < 4.78 is 116. The molecule has 2 aromatic heterocycles. The zero-order valence-electron chi connectivity index (χ0n) is 42.4. The van der Waals surface area contributed by atoms with Crippen molar-refractivity contribution < 1.29 is 69.2 Å². The van der Waals surface area contributed by atoms with Crippen molar-refractivity contribution in [3.8, 4) is 22.4 Å². The van der Waals surface area contributed by atoms with E-state index in [1.54, 1.807) is 26.3 Å². The predicted octanol–water partition coefficient (Wildman–Crippen LogP) is 8.26. The summed E-state index contributed by atoms with van der Waals surface area (Å²) in [5.74, 6) is -5.30. The number of aliphatic hydroxyl groups is 1. The highest BCUT2D eigenvalue weighted by Crippen LogP contribution is 2.44. The summed E-state index contributed by atoms with van der Waals surface area (Å²) in [7, 11) is 0. The van der Waals surface area contributed by atoms with E-state index in [2.05, 4.69) is 20.6 Å². The largest absolute Gasteiger partial charge is 0.477 e. The number of thiazole rings is 1. The van der Waals surface area contributed by atoms with Gasteiger partial charge in [-0.1, -0.05) is 45.0 Å². The number of ether oxygens (including phenoxy) is 3. The SMILES string of the molecule is Cc1ncsc1-c1ccc(CNC(=O)[C@@H]2C[C@@H](O)CN2C(=O)[C@@H](NC(=O)COCCCOCCCCCOc2ncc(N3C(=S)N(c4ccc(C#N)c(C(F)(F)F)c4F)C(=O)C3(C)C)cc2C(F)(F)F)C(C)(C)C)cc1. The molecule has 2 aliphatic heterocycles. The minimum absolute atomic E-state index is 0.0384. The number of aromatic nitrogens is 2. The Balaban J connectivity index is 0.904. The Morgan fingerprint density at radius 3 is 2.26 bits per heavy atom. The fourth-order valence-corrected chi connectivity index (χ4v) is 9.92. The van der Waals surface area contributed by atoms with Crippen molar-refractivity contribution in [2.24, 2.45) is 5.41 Å². The molecule has 2 aliphatic rings. The molecule has 25 heteroatoms. The van der Waals surface area contributed by atoms with Gasteiger partial charge in [-0.05, 0) is 93.4 Å². The van der Waals surface area contributed by atoms with Crippen LogP contribution in [0.15, 0.2) is 54.2 Å². The average Bonchev–Trinajstić information content (AvgIpc) is 4.01. The smallest absolute Gasteiger partial charge is 0.421 e. The molecule has 0 bridgehead atoms. The monoisotopic (exact) mass is 1110 g/mol. The number of alkyl halides is 6. The standard InChI is InChI=1S/C51H57F7N8O8S2/c1-29-41(76-28-62-29)31-13-11-30(12-14-31)24-60-43(69)37-22-34(67)26-64(37)45(70)42(48(2,3)4)63-38(68)27-73-19-10-18-72-17-8-7-9-20-74-44-35(50(53,54)55)21-33(25-61-44)66-47(75)65(46(71)49(66,5)6)36-16-15-32(23-59)39(40(36)52)51(56,57)58/h11-16,21,25,28,34,37,42,67H,7-10,17-20,22,24,26-27H2,1-6H3,(H,60,69)(H,63,68)/t34-,37+,42-/m1/s1. The Hall–Kier alpha value is -6.33. The molecular formula is C51H57F7N8O8S2. The Kier molecular flexibility index (Phi) is 18.9. The highest BCUT2D eigenvalue weighted by molar-refractivity contribution is 7.81. The molecule has 4 aromatic rings. The lowest BCUT2D eigenvalue weighted by atomic mass is 9.85. The number of aliphatic hydroxyl groups excluding tert-OH is 1. The third-order valence-corrected chi connectivity index (χ3v) is 13.9. The van der Waals surface area contributed by atoms with E-state index in [0.717, 1.165) is 38.9 Å². The highest BCUT2D eigenvalue weighted by Gasteiger charge is 2.53. The number of nitrogens with zero attached hydrogens (tertiary/aromatic N) is 6. The number of anilines is 2. The maximum absolute atomic E-state index is 15.4. The van der Waals surface area contributed by atoms with Crippen LogP contribution in [0.4, 0.5) is 42.1 Å². The first-order valence-electron chi connectivity index (χ1n) is 24.1. The van der Waals surface area contributed by atoms with E-state index in [-0.39, 0.29) is 51.6 Å². The van der Waals surface area contributed by atoms with Crippen LogP contribution in [-0.4, -0.2) is 112 Å². The van der Waals surface area contributed by atoms with E-state index < -0.39 is 104 Å². The van der Waals surface area contributed by atoms with Gasteiger partial charge >= 0.3 is 12.4 Å². The molecule has 6 rings (SSSR count). The Bertz CT molecular complexity index is 2820. The molecule has 4 heterocycles. The molecule has 16 nitrogen and oxygen atoms in total. The van der Waals surface area contributed by atoms with Gasteiger partial charge in [0.05, 0.1) is 58.0 Å². The number of nitriles is 1. The van der Waals surface area contributed by atoms with Gasteiger partial charge in [-0.15, -0.1) is 11.3 Å². The van der Waals surface area contributed by atoms with Gasteiger partial charge in [-0.2, -0.15) is 31.6 Å². The number of amides is 4. The molecule has 2 aromatic carbocycles. The molecule has 0 unspecified atom stereocenters. The molecule has 2 saturated heterocycles. The number of nitrogens with one attached hydrogen (secondary N) is 2. The number of likely N-dealkylation sites (tertiary alicyclic amines) is 1. The molecule has 0 spiro atoms. The van der Waals surface area contributed by atoms with E-state index in [4.69, 9.17) is 31.7 Å². The third-order valence-electron chi connectivity index (χ3n) is 12.5. The van der Waals surface area contributed by atoms with E-state index in [9.17, 15) is 50.6 Å². The topological polar surface area (TPSA) is 200 Å². The summed E-state index contributed by atoms with van der Waals surface area (Å²) in [6.45, 7) is 10.0. The summed E-state index contributed by atoms with van der Waals surface area (Å²) >= 11 is 6.88. The summed E-state index contributed by atoms with van der Waals surface area (Å²) in [5, 5.41) is 24.7. The zero-order chi connectivity index (χ0) is 55.9. The number of β-amino-alcohol motifs (C(OH)–C–C–N with tert-alkyl or cyclic N) is 1. The molecule has 0 aliphatic carbocycles. The van der Waals surface area contributed by atoms with Crippen molar-refractivity contribution in [3.05, 3.63) is 87.9 Å². The van der Waals surface area contributed by atoms with Crippen molar-refractivity contribution >= 4 is 63.7 Å². The van der Waals surface area contributed by atoms with Crippen LogP contribution in [0.25, 0.3) is 10.4 Å². The van der Waals surface area contributed by atoms with E-state index >= 15 is 4.39 Å². The van der Waals surface area contributed by atoms with Crippen LogP contribution in [-0.2, 0) is 47.5 Å². The first-order chi connectivity index (χ1) is 35.7. The van der Waals surface area contributed by atoms with Gasteiger partial charge in [0.2, 0.25) is 23.6 Å². The van der Waals surface area contributed by atoms with E-state index in [1.807, 2.05) is 31.2 Å². The van der Waals surface area contributed by atoms with Crippen molar-refractivity contribution in [2.45, 2.75) is 116 Å². The van der Waals surface area contributed by atoms with Crippen LogP contribution in [0.5, 0.6) is 5.88 Å². The van der Waals surface area contributed by atoms with Gasteiger partial charge in [-0.25, -0.2) is 14.4 Å². The normalized spacial score (nSPS) is 17.2. The van der Waals surface area contributed by atoms with E-state index in [1.165, 1.54) is 36.2 Å². The lowest BCUT2D eigenvalue weighted by Crippen LogP contribution is -2.58. The quantitative estimate of drug-likeness (QED) is 0.0410. The number of thiocarbonyl (C=S) groups is 1. The summed E-state index contributed by atoms with van der Waals surface area (Å²) in [6.07, 6.45) is -8.59. The molecule has 3 atom stereocenters. The minimum atomic E-state index is -5.33. The van der Waals surface area contributed by atoms with Crippen LogP contribution >= 0.6 is 23.6 Å². The van der Waals surface area contributed by atoms with Crippen molar-refractivity contribution in [1.29, 1.82) is 5.26 Å². The number of aryl methyl sites for hydroxylation is 1. The number of halogens is 7. The summed E-state index contributed by atoms with van der Waals surface area (Å²) in [5.41, 5.74) is -3.68. The number of carbonyl (C=O) groups is 4. The minimum Gasteiger partial charge on any atom is -0.477 e. The lowest BCUT2D eigenvalue weighted by molar-refractivity contribution is -0.144. The highest BCUT2D eigenvalue weighted by atomic mass is 32.1. The van der Waals surface area contributed by atoms with Crippen LogP contribution in [0.2, 0.25) is 0 Å². The molecule has 410 valence electrons. The van der Waals surface area contributed by atoms with Crippen molar-refractivity contribution in [3.63, 3.8) is 0 Å². The molecule has 0 saturated carbocycles. The molecular weight excluding hydrogens is 1050 g/mol. The number of benzene rings is 2. The van der Waals surface area contributed by atoms with Gasteiger partial charge in [-0.3, -0.25) is 24.1 Å². The van der Waals surface area contributed by atoms with Gasteiger partial charge in [0, 0.05) is 39.3 Å². The van der Waals surface area contributed by atoms with Crippen LogP contribution < -0.4 is 25.2 Å². The number of carbonyl (C=O) groups excluding carboxylic acids is 4. The van der Waals surface area contributed by atoms with Crippen LogP contribution in [0.3, 0.4) is 0 Å². The zero-order valence-corrected chi connectivity index (χ0v) is 44.0. The second-order valence-corrected chi connectivity index (χ2v) is 20.9. The Morgan fingerprint density at radius 2 is 1.63 bits per heavy atom. The fourth-order valence-electron chi connectivity index (χ4n) is 8.60.